The van der Waals surface area contributed by atoms with Crippen molar-refractivity contribution in [2.75, 3.05) is 48.3 Å². The van der Waals surface area contributed by atoms with Crippen molar-refractivity contribution in [3.8, 4) is 23.5 Å². The van der Waals surface area contributed by atoms with Crippen LogP contribution in [-0.2, 0) is 13.9 Å². The Balaban J connectivity index is -0.000000516. The van der Waals surface area contributed by atoms with Crippen LogP contribution in [0.4, 0.5) is 34.1 Å². The van der Waals surface area contributed by atoms with Crippen LogP contribution in [0, 0.1) is 97.3 Å². The van der Waals surface area contributed by atoms with E-state index in [9.17, 15) is 60.3 Å². The van der Waals surface area contributed by atoms with Gasteiger partial charge in [-0.1, -0.05) is 49.1 Å². The summed E-state index contributed by atoms with van der Waals surface area (Å²) < 4.78 is 41.8. The normalized spacial score (nSPS) is 11.7. The summed E-state index contributed by atoms with van der Waals surface area (Å²) in [4.78, 5) is 66.3. The van der Waals surface area contributed by atoms with Gasteiger partial charge in [0.15, 0.2) is 7.05 Å². The minimum atomic E-state index is -3.22. The van der Waals surface area contributed by atoms with E-state index in [4.69, 9.17) is 69.2 Å². The molecule has 40 heteroatoms. The average Bonchev–Trinajstić information content (AvgIpc) is 1.64. The van der Waals surface area contributed by atoms with Crippen molar-refractivity contribution >= 4 is 121 Å². The maximum atomic E-state index is 11.0. The van der Waals surface area contributed by atoms with Crippen LogP contribution in [0.3, 0.4) is 0 Å². The third-order valence-corrected chi connectivity index (χ3v) is 13.3. The number of aromatic nitrogens is 6. The van der Waals surface area contributed by atoms with Crippen LogP contribution >= 0.6 is 73.7 Å². The Hall–Kier alpha value is -6.91. The molecule has 1 aliphatic heterocycles. The van der Waals surface area contributed by atoms with Crippen molar-refractivity contribution in [1.29, 1.82) is 0 Å². The summed E-state index contributed by atoms with van der Waals surface area (Å²) in [5.41, 5.74) is 12.3. The second-order valence-electron chi connectivity index (χ2n) is 20.9. The first-order chi connectivity index (χ1) is 44.0. The Kier molecular flexibility index (Phi) is 42.3. The monoisotopic (exact) mass is 1510 g/mol. The third-order valence-electron chi connectivity index (χ3n) is 12.5. The maximum absolute atomic E-state index is 11.0. The molecular formula is C57H78BCl6N12NaO19P+. The predicted molar refractivity (Wildman–Crippen MR) is 371 cm³/mol. The molecule has 0 aliphatic carbocycles. The van der Waals surface area contributed by atoms with E-state index >= 15 is 0 Å². The fourth-order valence-electron chi connectivity index (χ4n) is 7.02. The van der Waals surface area contributed by atoms with Gasteiger partial charge in [-0.25, -0.2) is 15.0 Å². The maximum Gasteiger partial charge on any atom is 1.00 e. The van der Waals surface area contributed by atoms with Crippen molar-refractivity contribution in [3.05, 3.63) is 190 Å². The molecule has 0 saturated carbocycles. The summed E-state index contributed by atoms with van der Waals surface area (Å²) >= 11 is 30.4. The molecule has 7 heterocycles. The second kappa shape index (κ2) is 43.5. The number of nitrogens with two attached hydrogens (primary N) is 1. The van der Waals surface area contributed by atoms with Gasteiger partial charge in [0, 0.05) is 63.2 Å². The molecule has 530 valence electrons. The number of nitro groups is 4. The molecule has 1 fully saturated rings. The van der Waals surface area contributed by atoms with Crippen LogP contribution < -0.4 is 68.8 Å². The summed E-state index contributed by atoms with van der Waals surface area (Å²) in [7, 11) is 7.77. The number of nitroso groups, excluding NO2 is 1. The molecule has 6 aromatic rings. The molecule has 1 aliphatic rings. The Labute approximate surface area is 614 Å². The van der Waals surface area contributed by atoms with Crippen LogP contribution in [0.5, 0.6) is 23.5 Å². The molecule has 1 saturated heterocycles. The first kappa shape index (κ1) is 94.3. The fourth-order valence-corrected chi connectivity index (χ4v) is 7.75. The van der Waals surface area contributed by atoms with Gasteiger partial charge in [0.1, 0.15) is 17.0 Å². The van der Waals surface area contributed by atoms with Gasteiger partial charge in [0.2, 0.25) is 22.8 Å². The Morgan fingerprint density at radius 3 is 1.38 bits per heavy atom. The van der Waals surface area contributed by atoms with Crippen molar-refractivity contribution < 1.29 is 103 Å². The zero-order chi connectivity index (χ0) is 75.4. The first-order valence-corrected chi connectivity index (χ1v) is 32.7. The number of anilines is 1. The standard InChI is InChI=1S/C10H12N2O3.C10H16N2O.C9H17BO2.C7H7ClN2O3.C7H8ClN2O.C7H8N2O4.C6H5ClN2O3.CH3O.Cl3OP.Na.H2/c1-6(2)9-10(12(13)14)7(3)5-8(11-9)15-4;1-6(2)10-9(11)7(3)5-8(12-10)13-4;1-7(2)10-11-8(3,4)9(5,6)12-10;1-4-3-5(13-2)9-7(8)6(4)10(11)12;1-5-3-7(8)9-4-6(5)10(2)11;1-5-3-7(13-2)8(10)4-6(5)9(11)12;1-4-2-6(7)8(10)3-5(4)9(11)12;1-2;1-5(2,3)4;;/h5H,1H2,2-4H3;5-6H,11H2,1-4H3;1H2,2-6H3;3H,1-2H3;3-4H,1-2H3;3-4H,1-2H3;2-3H,1H3;1H3;;;1H/q;;;;+1;;;-1;;+1;. The zero-order valence-corrected chi connectivity index (χ0v) is 64.7. The van der Waals surface area contributed by atoms with Gasteiger partial charge >= 0.3 is 64.8 Å². The first-order valence-electron chi connectivity index (χ1n) is 27.2. The van der Waals surface area contributed by atoms with E-state index in [1.165, 1.54) is 65.8 Å². The van der Waals surface area contributed by atoms with Crippen LogP contribution in [0.2, 0.25) is 15.5 Å². The van der Waals surface area contributed by atoms with Crippen LogP contribution in [-0.4, -0.2) is 105 Å². The van der Waals surface area contributed by atoms with Crippen molar-refractivity contribution in [3.63, 3.8) is 0 Å². The summed E-state index contributed by atoms with van der Waals surface area (Å²) in [5.74, 6) is 1.64. The van der Waals surface area contributed by atoms with E-state index in [-0.39, 0.29) is 105 Å². The number of rotatable bonds is 12. The van der Waals surface area contributed by atoms with Gasteiger partial charge in [-0.05, 0) is 152 Å². The van der Waals surface area contributed by atoms with E-state index in [1.807, 2.05) is 54.5 Å². The van der Waals surface area contributed by atoms with Gasteiger partial charge in [0.05, 0.1) is 76.8 Å². The number of methoxy groups -OCH3 is 4. The molecular weight excluding hydrogens is 1430 g/mol. The summed E-state index contributed by atoms with van der Waals surface area (Å²) in [6.07, 6.45) is 3.19. The summed E-state index contributed by atoms with van der Waals surface area (Å²) in [6.45, 7) is 33.4. The number of pyridine rings is 6. The third kappa shape index (κ3) is 32.1. The Morgan fingerprint density at radius 1 is 0.639 bits per heavy atom. The van der Waals surface area contributed by atoms with Crippen LogP contribution in [0.1, 0.15) is 108 Å². The molecule has 0 atom stereocenters. The minimum absolute atomic E-state index is 0. The van der Waals surface area contributed by atoms with Crippen LogP contribution in [0.15, 0.2) is 73.6 Å². The van der Waals surface area contributed by atoms with Crippen molar-refractivity contribution in [2.45, 2.75) is 114 Å². The van der Waals surface area contributed by atoms with Gasteiger partial charge in [-0.3, -0.25) is 45.0 Å². The molecule has 0 aromatic carbocycles. The number of aryl methyl sites for hydroxylation is 6. The van der Waals surface area contributed by atoms with Crippen molar-refractivity contribution in [1.82, 2.24) is 19.9 Å². The van der Waals surface area contributed by atoms with E-state index in [0.717, 1.165) is 52.2 Å². The number of ether oxygens (including phenoxy) is 4. The van der Waals surface area contributed by atoms with E-state index in [0.29, 0.717) is 61.1 Å². The van der Waals surface area contributed by atoms with Crippen molar-refractivity contribution in [2.24, 2.45) is 0 Å². The van der Waals surface area contributed by atoms with E-state index < -0.39 is 24.9 Å². The predicted octanol–water partition coefficient (Wildman–Crippen LogP) is 11.5. The number of hydrogen-bond acceptors (Lipinski definition) is 24. The summed E-state index contributed by atoms with van der Waals surface area (Å²) in [6, 6.07) is 9.08. The number of allylic oxidation sites excluding steroid dienone is 2. The molecule has 0 spiro atoms. The Morgan fingerprint density at radius 2 is 1.03 bits per heavy atom. The zero-order valence-electron chi connectivity index (χ0n) is 57.2. The largest absolute Gasteiger partial charge is 1.00 e. The molecule has 2 N–H and O–H groups in total. The molecule has 0 amide bonds. The molecule has 0 radical (unpaired) electrons. The molecule has 97 heavy (non-hydrogen) atoms. The Bertz CT molecular complexity index is 3750. The molecule has 0 unspecified atom stereocenters. The average molecular weight is 1510 g/mol. The van der Waals surface area contributed by atoms with Crippen LogP contribution in [0.25, 0.3) is 5.57 Å². The molecule has 0 bridgehead atoms. The van der Waals surface area contributed by atoms with E-state index in [2.05, 4.69) is 85.4 Å². The number of nitrogen functional groups attached to an aromatic ring is 1. The van der Waals surface area contributed by atoms with Gasteiger partial charge in [0.25, 0.3) is 28.9 Å². The topological polar surface area (TPSA) is 420 Å². The number of hydrogen-bond donors (Lipinski definition) is 1. The van der Waals surface area contributed by atoms with E-state index in [1.54, 1.807) is 40.9 Å². The second-order valence-corrected chi connectivity index (χ2v) is 28.6. The van der Waals surface area contributed by atoms with Gasteiger partial charge in [-0.2, -0.15) is 16.8 Å². The smallest absolute Gasteiger partial charge is 0.857 e. The molecule has 31 nitrogen and oxygen atoms in total. The SMILES string of the molecule is C=C(C)B1OC(C)(C)C(C)(C)O1.C=C(C)c1nc(OC)cc(C)c1[N+](=O)[O-].COc1cc(C)c(N)c(C(C)C)n1.COc1cc(C)c([N+](=O)[O-])c(Cl)n1.COc1cc(C)c([N+](=O)[O-])c[n+]1[O-].C[O-].Cc1cc(Cl)[n+]([O-])cc1[N+](=O)[O-].Cc1cc(Cl)ncc1[N+](C)=O.O=P(Cl)(Cl)Cl.[HH].[Na+]. The molecule has 6 aromatic heterocycles. The minimum Gasteiger partial charge on any atom is -0.857 e. The van der Waals surface area contributed by atoms with Gasteiger partial charge < -0.3 is 49.5 Å². The summed E-state index contributed by atoms with van der Waals surface area (Å²) in [5, 5.41) is 69.0. The fraction of sp³-hybridized carbons (Fsp3) is 0.404. The molecule has 7 rings (SSSR count). The van der Waals surface area contributed by atoms with Gasteiger partial charge in [-0.15, -0.1) is 11.3 Å². The quantitative estimate of drug-likeness (QED) is 0.0226. The number of nitrogens with zero attached hydrogens (tertiary/aromatic N) is 11. The number of halogens is 6.